The van der Waals surface area contributed by atoms with E-state index in [1.807, 2.05) is 0 Å². The summed E-state index contributed by atoms with van der Waals surface area (Å²) in [5.41, 5.74) is 4.75. The predicted molar refractivity (Wildman–Crippen MR) is 48.1 cm³/mol. The molecular formula is C8H14N2O4. The van der Waals surface area contributed by atoms with E-state index in [1.54, 1.807) is 0 Å². The summed E-state index contributed by atoms with van der Waals surface area (Å²) < 4.78 is 0. The van der Waals surface area contributed by atoms with Crippen LogP contribution in [0.5, 0.6) is 0 Å². The van der Waals surface area contributed by atoms with E-state index in [1.165, 1.54) is 6.92 Å². The van der Waals surface area contributed by atoms with Crippen LogP contribution in [-0.4, -0.2) is 35.4 Å². The zero-order chi connectivity index (χ0) is 11.1. The number of hydrogen-bond acceptors (Lipinski definition) is 4. The molecule has 0 saturated heterocycles. The van der Waals surface area contributed by atoms with E-state index in [0.29, 0.717) is 0 Å². The van der Waals surface area contributed by atoms with Crippen LogP contribution in [0.25, 0.3) is 0 Å². The normalized spacial score (nSPS) is 11.9. The average Bonchev–Trinajstić information content (AvgIpc) is 2.10. The lowest BCUT2D eigenvalue weighted by Crippen LogP contribution is -2.39. The largest absolute Gasteiger partial charge is 0.381 e. The van der Waals surface area contributed by atoms with Crippen LogP contribution < -0.4 is 11.1 Å². The SMILES string of the molecule is CC(=O)CCC(=O)NCC(O)C(N)=O. The monoisotopic (exact) mass is 202 g/mol. The van der Waals surface area contributed by atoms with Gasteiger partial charge in [0.2, 0.25) is 11.8 Å². The first kappa shape index (κ1) is 12.6. The number of nitrogens with one attached hydrogen (secondary N) is 1. The Bertz CT molecular complexity index is 239. The van der Waals surface area contributed by atoms with Crippen molar-refractivity contribution in [1.29, 1.82) is 0 Å². The molecule has 14 heavy (non-hydrogen) atoms. The number of nitrogens with two attached hydrogens (primary N) is 1. The molecule has 0 aromatic heterocycles. The van der Waals surface area contributed by atoms with Crippen LogP contribution >= 0.6 is 0 Å². The van der Waals surface area contributed by atoms with Crippen molar-refractivity contribution in [2.45, 2.75) is 25.9 Å². The molecule has 0 heterocycles. The zero-order valence-electron chi connectivity index (χ0n) is 7.95. The Hall–Kier alpha value is -1.43. The first-order valence-corrected chi connectivity index (χ1v) is 4.17. The summed E-state index contributed by atoms with van der Waals surface area (Å²) in [5, 5.41) is 11.2. The van der Waals surface area contributed by atoms with Gasteiger partial charge in [-0.25, -0.2) is 0 Å². The number of aliphatic hydroxyl groups excluding tert-OH is 1. The number of aliphatic hydroxyl groups is 1. The summed E-state index contributed by atoms with van der Waals surface area (Å²) in [6.07, 6.45) is -1.17. The van der Waals surface area contributed by atoms with E-state index in [4.69, 9.17) is 10.8 Å². The summed E-state index contributed by atoms with van der Waals surface area (Å²) in [7, 11) is 0. The number of amides is 2. The van der Waals surface area contributed by atoms with Crippen LogP contribution in [-0.2, 0) is 14.4 Å². The Morgan fingerprint density at radius 3 is 2.36 bits per heavy atom. The molecule has 0 saturated carbocycles. The second-order valence-electron chi connectivity index (χ2n) is 2.92. The number of hydrogen-bond donors (Lipinski definition) is 3. The van der Waals surface area contributed by atoms with Gasteiger partial charge >= 0.3 is 0 Å². The minimum absolute atomic E-state index is 0.0564. The summed E-state index contributed by atoms with van der Waals surface area (Å²) in [5.74, 6) is -1.37. The van der Waals surface area contributed by atoms with E-state index in [9.17, 15) is 14.4 Å². The molecule has 80 valence electrons. The van der Waals surface area contributed by atoms with E-state index in [2.05, 4.69) is 5.32 Å². The van der Waals surface area contributed by atoms with Gasteiger partial charge in [0.25, 0.3) is 0 Å². The van der Waals surface area contributed by atoms with Crippen molar-refractivity contribution in [3.63, 3.8) is 0 Å². The van der Waals surface area contributed by atoms with Crippen LogP contribution in [0.15, 0.2) is 0 Å². The van der Waals surface area contributed by atoms with Gasteiger partial charge in [-0.1, -0.05) is 0 Å². The maximum atomic E-state index is 10.9. The van der Waals surface area contributed by atoms with E-state index < -0.39 is 12.0 Å². The highest BCUT2D eigenvalue weighted by Gasteiger charge is 2.11. The molecule has 0 aliphatic carbocycles. The fraction of sp³-hybridized carbons (Fsp3) is 0.625. The zero-order valence-corrected chi connectivity index (χ0v) is 7.95. The third kappa shape index (κ3) is 6.13. The summed E-state index contributed by atoms with van der Waals surface area (Å²) >= 11 is 0. The third-order valence-corrected chi connectivity index (χ3v) is 1.53. The highest BCUT2D eigenvalue weighted by Crippen LogP contribution is 1.90. The molecule has 0 radical (unpaired) electrons. The van der Waals surface area contributed by atoms with Crippen molar-refractivity contribution in [3.8, 4) is 0 Å². The van der Waals surface area contributed by atoms with Crippen molar-refractivity contribution in [3.05, 3.63) is 0 Å². The number of Topliss-reactive ketones (excluding diaryl/α,β-unsaturated/α-hetero) is 1. The fourth-order valence-corrected chi connectivity index (χ4v) is 0.689. The molecule has 0 spiro atoms. The van der Waals surface area contributed by atoms with Gasteiger partial charge < -0.3 is 21.0 Å². The maximum Gasteiger partial charge on any atom is 0.248 e. The lowest BCUT2D eigenvalue weighted by molar-refractivity contribution is -0.128. The highest BCUT2D eigenvalue weighted by atomic mass is 16.3. The number of carbonyl (C=O) groups excluding carboxylic acids is 3. The van der Waals surface area contributed by atoms with Gasteiger partial charge in [-0.3, -0.25) is 9.59 Å². The molecule has 4 N–H and O–H groups in total. The lowest BCUT2D eigenvalue weighted by Gasteiger charge is -2.07. The lowest BCUT2D eigenvalue weighted by atomic mass is 10.2. The Morgan fingerprint density at radius 1 is 1.36 bits per heavy atom. The van der Waals surface area contributed by atoms with Crippen LogP contribution in [0.2, 0.25) is 0 Å². The van der Waals surface area contributed by atoms with Gasteiger partial charge in [-0.15, -0.1) is 0 Å². The van der Waals surface area contributed by atoms with Crippen molar-refractivity contribution < 1.29 is 19.5 Å². The van der Waals surface area contributed by atoms with Crippen LogP contribution in [0, 0.1) is 0 Å². The first-order chi connectivity index (χ1) is 6.43. The summed E-state index contributed by atoms with van der Waals surface area (Å²) in [4.78, 5) is 31.8. The van der Waals surface area contributed by atoms with Crippen LogP contribution in [0.1, 0.15) is 19.8 Å². The molecule has 0 bridgehead atoms. The molecule has 2 amide bonds. The Balaban J connectivity index is 3.64. The van der Waals surface area contributed by atoms with Crippen molar-refractivity contribution in [2.24, 2.45) is 5.73 Å². The quantitative estimate of drug-likeness (QED) is 0.477. The number of rotatable bonds is 6. The van der Waals surface area contributed by atoms with Gasteiger partial charge in [-0.05, 0) is 6.92 Å². The molecule has 0 aliphatic heterocycles. The Kier molecular flexibility index (Phi) is 5.47. The Labute approximate surface area is 81.5 Å². The van der Waals surface area contributed by atoms with Gasteiger partial charge in [0.15, 0.2) is 0 Å². The smallest absolute Gasteiger partial charge is 0.248 e. The Morgan fingerprint density at radius 2 is 1.93 bits per heavy atom. The van der Waals surface area contributed by atoms with E-state index >= 15 is 0 Å². The third-order valence-electron chi connectivity index (χ3n) is 1.53. The molecule has 0 aromatic rings. The first-order valence-electron chi connectivity index (χ1n) is 4.17. The standard InChI is InChI=1S/C8H14N2O4/c1-5(11)2-3-7(13)10-4-6(12)8(9)14/h6,12H,2-4H2,1H3,(H2,9,14)(H,10,13). The number of primary amides is 1. The molecule has 0 fully saturated rings. The van der Waals surface area contributed by atoms with Gasteiger partial charge in [0, 0.05) is 12.8 Å². The minimum atomic E-state index is -1.38. The molecule has 0 rings (SSSR count). The van der Waals surface area contributed by atoms with E-state index in [-0.39, 0.29) is 31.1 Å². The molecule has 1 atom stereocenters. The summed E-state index contributed by atoms with van der Waals surface area (Å²) in [6.45, 7) is 1.16. The number of carbonyl (C=O) groups is 3. The van der Waals surface area contributed by atoms with Gasteiger partial charge in [-0.2, -0.15) is 0 Å². The van der Waals surface area contributed by atoms with Crippen molar-refractivity contribution in [1.82, 2.24) is 5.32 Å². The minimum Gasteiger partial charge on any atom is -0.381 e. The predicted octanol–water partition coefficient (Wildman–Crippen LogP) is -1.68. The van der Waals surface area contributed by atoms with Crippen LogP contribution in [0.3, 0.4) is 0 Å². The topological polar surface area (TPSA) is 109 Å². The maximum absolute atomic E-state index is 10.9. The molecular weight excluding hydrogens is 188 g/mol. The molecule has 6 heteroatoms. The fourth-order valence-electron chi connectivity index (χ4n) is 0.689. The van der Waals surface area contributed by atoms with Crippen molar-refractivity contribution >= 4 is 17.6 Å². The summed E-state index contributed by atoms with van der Waals surface area (Å²) in [6, 6.07) is 0. The number of ketones is 1. The molecule has 0 aliphatic rings. The highest BCUT2D eigenvalue weighted by molar-refractivity contribution is 5.84. The molecule has 0 aromatic carbocycles. The molecule has 1 unspecified atom stereocenters. The second kappa shape index (κ2) is 6.09. The van der Waals surface area contributed by atoms with Crippen molar-refractivity contribution in [2.75, 3.05) is 6.54 Å². The second-order valence-corrected chi connectivity index (χ2v) is 2.92. The van der Waals surface area contributed by atoms with Crippen LogP contribution in [0.4, 0.5) is 0 Å². The van der Waals surface area contributed by atoms with Gasteiger partial charge in [0.1, 0.15) is 11.9 Å². The molecule has 6 nitrogen and oxygen atoms in total. The average molecular weight is 202 g/mol. The van der Waals surface area contributed by atoms with Gasteiger partial charge in [0.05, 0.1) is 6.54 Å². The van der Waals surface area contributed by atoms with E-state index in [0.717, 1.165) is 0 Å².